The summed E-state index contributed by atoms with van der Waals surface area (Å²) in [5.41, 5.74) is 0.791. The molecule has 1 aromatic heterocycles. The highest BCUT2D eigenvalue weighted by atomic mass is 32.2. The Morgan fingerprint density at radius 1 is 1.06 bits per heavy atom. The summed E-state index contributed by atoms with van der Waals surface area (Å²) in [6.07, 6.45) is 4.11. The van der Waals surface area contributed by atoms with Gasteiger partial charge in [0.05, 0.1) is 4.90 Å². The molecular weight excluding hydrogens is 466 g/mol. The summed E-state index contributed by atoms with van der Waals surface area (Å²) in [6.45, 7) is 2.54. The van der Waals surface area contributed by atoms with Crippen LogP contribution in [0.1, 0.15) is 37.1 Å². The number of carbonyl (C=O) groups is 1. The highest BCUT2D eigenvalue weighted by molar-refractivity contribution is 7.89. The number of carbonyl (C=O) groups excluding carboxylic acids is 1. The molecule has 12 heteroatoms. The van der Waals surface area contributed by atoms with Gasteiger partial charge in [0, 0.05) is 44.8 Å². The van der Waals surface area contributed by atoms with Gasteiger partial charge in [-0.25, -0.2) is 26.5 Å². The Labute approximate surface area is 194 Å². The van der Waals surface area contributed by atoms with Gasteiger partial charge < -0.3 is 9.88 Å². The molecule has 4 rings (SSSR count). The molecule has 1 aromatic carbocycles. The Hall–Kier alpha value is -2.28. The normalized spacial score (nSPS) is 18.4. The van der Waals surface area contributed by atoms with Crippen molar-refractivity contribution < 1.29 is 21.6 Å². The van der Waals surface area contributed by atoms with Gasteiger partial charge in [0.25, 0.3) is 10.0 Å². The maximum atomic E-state index is 12.8. The Bertz CT molecular complexity index is 1210. The first-order valence-electron chi connectivity index (χ1n) is 11.0. The van der Waals surface area contributed by atoms with Gasteiger partial charge in [-0.05, 0) is 50.3 Å². The maximum absolute atomic E-state index is 12.8. The van der Waals surface area contributed by atoms with E-state index in [0.29, 0.717) is 18.7 Å². The smallest absolute Gasteiger partial charge is 0.262 e. The zero-order chi connectivity index (χ0) is 23.8. The first-order valence-corrected chi connectivity index (χ1v) is 13.9. The molecule has 1 aliphatic heterocycles. The highest BCUT2D eigenvalue weighted by Crippen LogP contribution is 2.24. The Morgan fingerprint density at radius 3 is 2.24 bits per heavy atom. The lowest BCUT2D eigenvalue weighted by Gasteiger charge is -2.29. The number of piperidine rings is 1. The average molecular weight is 496 g/mol. The molecule has 2 aliphatic rings. The molecule has 0 spiro atoms. The second kappa shape index (κ2) is 9.16. The molecule has 0 radical (unpaired) electrons. The van der Waals surface area contributed by atoms with Crippen LogP contribution in [0, 0.1) is 12.8 Å². The predicted molar refractivity (Wildman–Crippen MR) is 121 cm³/mol. The van der Waals surface area contributed by atoms with Crippen molar-refractivity contribution >= 4 is 26.0 Å². The number of rotatable bonds is 8. The number of imidazole rings is 1. The van der Waals surface area contributed by atoms with Crippen LogP contribution >= 0.6 is 0 Å². The summed E-state index contributed by atoms with van der Waals surface area (Å²) < 4.78 is 55.8. The van der Waals surface area contributed by atoms with Crippen molar-refractivity contribution in [1.29, 1.82) is 0 Å². The summed E-state index contributed by atoms with van der Waals surface area (Å²) in [7, 11) is -5.42. The third-order valence-corrected chi connectivity index (χ3v) is 9.42. The fraction of sp³-hybridized carbons (Fsp3) is 0.524. The van der Waals surface area contributed by atoms with Crippen molar-refractivity contribution in [3.63, 3.8) is 0 Å². The van der Waals surface area contributed by atoms with E-state index in [1.807, 2.05) is 0 Å². The van der Waals surface area contributed by atoms with Crippen molar-refractivity contribution in [2.24, 2.45) is 13.0 Å². The second-order valence-electron chi connectivity index (χ2n) is 8.67. The van der Waals surface area contributed by atoms with Gasteiger partial charge in [-0.3, -0.25) is 4.79 Å². The van der Waals surface area contributed by atoms with Gasteiger partial charge in [-0.15, -0.1) is 0 Å². The summed E-state index contributed by atoms with van der Waals surface area (Å²) in [5, 5.41) is 2.91. The third-order valence-electron chi connectivity index (χ3n) is 6.12. The topological polar surface area (TPSA) is 130 Å². The molecular formula is C21H29N5O5S2. The highest BCUT2D eigenvalue weighted by Gasteiger charge is 2.33. The molecule has 1 saturated heterocycles. The van der Waals surface area contributed by atoms with Crippen LogP contribution in [0.3, 0.4) is 0 Å². The maximum Gasteiger partial charge on any atom is 0.262 e. The van der Waals surface area contributed by atoms with Crippen LogP contribution in [0.25, 0.3) is 0 Å². The van der Waals surface area contributed by atoms with E-state index in [2.05, 4.69) is 15.0 Å². The van der Waals surface area contributed by atoms with Crippen molar-refractivity contribution in [2.45, 2.75) is 55.1 Å². The molecule has 33 heavy (non-hydrogen) atoms. The Kier molecular flexibility index (Phi) is 6.63. The van der Waals surface area contributed by atoms with E-state index < -0.39 is 20.0 Å². The number of aryl methyl sites for hydroxylation is 2. The zero-order valence-corrected chi connectivity index (χ0v) is 20.3. The molecule has 2 heterocycles. The molecule has 1 amide bonds. The molecule has 1 saturated carbocycles. The number of hydrogen-bond acceptors (Lipinski definition) is 6. The van der Waals surface area contributed by atoms with Crippen LogP contribution < -0.4 is 10.0 Å². The lowest BCUT2D eigenvalue weighted by atomic mass is 9.97. The minimum Gasteiger partial charge on any atom is -0.352 e. The number of nitrogens with one attached hydrogen (secondary N) is 2. The molecule has 0 atom stereocenters. The molecule has 180 valence electrons. The van der Waals surface area contributed by atoms with E-state index in [9.17, 15) is 21.6 Å². The van der Waals surface area contributed by atoms with Crippen molar-refractivity contribution in [2.75, 3.05) is 13.1 Å². The standard InChI is InChI=1S/C21H29N5O5S2/c1-15-23-20(14-25(15)2)33(30,31)26-11-9-17(10-12-26)21(27)22-13-16-3-7-19(8-4-16)32(28,29)24-18-5-6-18/h3-4,7-8,14,17-18,24H,5-6,9-13H2,1-2H3,(H,22,27). The summed E-state index contributed by atoms with van der Waals surface area (Å²) in [5.74, 6) is 0.213. The van der Waals surface area contributed by atoms with Gasteiger partial charge in [0.15, 0.2) is 5.03 Å². The fourth-order valence-electron chi connectivity index (χ4n) is 3.75. The molecule has 2 N–H and O–H groups in total. The largest absolute Gasteiger partial charge is 0.352 e. The van der Waals surface area contributed by atoms with Crippen LogP contribution in [-0.2, 0) is 38.4 Å². The molecule has 0 bridgehead atoms. The van der Waals surface area contributed by atoms with E-state index >= 15 is 0 Å². The first-order chi connectivity index (χ1) is 15.6. The summed E-state index contributed by atoms with van der Waals surface area (Å²) in [4.78, 5) is 16.9. The summed E-state index contributed by atoms with van der Waals surface area (Å²) in [6, 6.07) is 6.49. The van der Waals surface area contributed by atoms with Crippen molar-refractivity contribution in [3.8, 4) is 0 Å². The van der Waals surface area contributed by atoms with E-state index in [-0.39, 0.29) is 47.4 Å². The number of aromatic nitrogens is 2. The lowest BCUT2D eigenvalue weighted by molar-refractivity contribution is -0.126. The fourth-order valence-corrected chi connectivity index (χ4v) is 6.55. The minimum absolute atomic E-state index is 0.0307. The van der Waals surface area contributed by atoms with Gasteiger partial charge >= 0.3 is 0 Å². The van der Waals surface area contributed by atoms with Crippen LogP contribution in [-0.4, -0.2) is 55.7 Å². The number of nitrogens with zero attached hydrogens (tertiary/aromatic N) is 3. The van der Waals surface area contributed by atoms with Crippen molar-refractivity contribution in [3.05, 3.63) is 41.9 Å². The molecule has 2 fully saturated rings. The SMILES string of the molecule is Cc1nc(S(=O)(=O)N2CCC(C(=O)NCc3ccc(S(=O)(=O)NC4CC4)cc3)CC2)cn1C. The van der Waals surface area contributed by atoms with Gasteiger partial charge in [-0.1, -0.05) is 12.1 Å². The van der Waals surface area contributed by atoms with Crippen LogP contribution in [0.15, 0.2) is 40.4 Å². The molecule has 1 aliphatic carbocycles. The quantitative estimate of drug-likeness (QED) is 0.559. The number of amides is 1. The minimum atomic E-state index is -3.67. The van der Waals surface area contributed by atoms with E-state index in [4.69, 9.17) is 0 Å². The van der Waals surface area contributed by atoms with Gasteiger partial charge in [0.2, 0.25) is 15.9 Å². The van der Waals surface area contributed by atoms with E-state index in [1.165, 1.54) is 22.6 Å². The second-order valence-corrected chi connectivity index (χ2v) is 12.3. The Morgan fingerprint density at radius 2 is 1.70 bits per heavy atom. The zero-order valence-electron chi connectivity index (χ0n) is 18.7. The lowest BCUT2D eigenvalue weighted by Crippen LogP contribution is -2.43. The molecule has 2 aromatic rings. The molecule has 0 unspecified atom stereocenters. The van der Waals surface area contributed by atoms with Crippen molar-refractivity contribution in [1.82, 2.24) is 23.9 Å². The number of sulfonamides is 2. The number of hydrogen-bond donors (Lipinski definition) is 2. The third kappa shape index (κ3) is 5.45. The van der Waals surface area contributed by atoms with Crippen LogP contribution in [0.5, 0.6) is 0 Å². The van der Waals surface area contributed by atoms with E-state index in [1.54, 1.807) is 30.7 Å². The van der Waals surface area contributed by atoms with E-state index in [0.717, 1.165) is 18.4 Å². The monoisotopic (exact) mass is 495 g/mol. The summed E-state index contributed by atoms with van der Waals surface area (Å²) >= 11 is 0. The van der Waals surface area contributed by atoms with Crippen LogP contribution in [0.2, 0.25) is 0 Å². The predicted octanol–water partition coefficient (Wildman–Crippen LogP) is 0.886. The Balaban J connectivity index is 1.28. The number of benzene rings is 1. The van der Waals surface area contributed by atoms with Gasteiger partial charge in [-0.2, -0.15) is 4.31 Å². The average Bonchev–Trinajstić information content (AvgIpc) is 3.53. The molecule has 10 nitrogen and oxygen atoms in total. The van der Waals surface area contributed by atoms with Gasteiger partial charge in [0.1, 0.15) is 5.82 Å². The first kappa shape index (κ1) is 23.9. The van der Waals surface area contributed by atoms with Crippen LogP contribution in [0.4, 0.5) is 0 Å².